The lowest BCUT2D eigenvalue weighted by molar-refractivity contribution is 0.263. The summed E-state index contributed by atoms with van der Waals surface area (Å²) >= 11 is 0. The molecule has 118 valence electrons. The minimum Gasteiger partial charge on any atom is -0.476 e. The van der Waals surface area contributed by atoms with Crippen LogP contribution in [0.15, 0.2) is 12.1 Å². The molecule has 1 heterocycles. The molecule has 0 spiro atoms. The first-order valence-electron chi connectivity index (χ1n) is 8.17. The molecule has 3 N–H and O–H groups in total. The van der Waals surface area contributed by atoms with Crippen LogP contribution in [0.4, 0.5) is 11.5 Å². The number of rotatable bonds is 6. The van der Waals surface area contributed by atoms with E-state index in [9.17, 15) is 0 Å². The van der Waals surface area contributed by atoms with Gasteiger partial charge in [0.05, 0.1) is 12.3 Å². The normalized spacial score (nSPS) is 22.3. The van der Waals surface area contributed by atoms with Crippen molar-refractivity contribution in [3.8, 4) is 5.88 Å². The molecular formula is C17H29N3O. The molecule has 4 heteroatoms. The SMILES string of the molecule is CC(C)COc1nc(NCC2CCCC(C)C2)ccc1N. The number of nitrogens with two attached hydrogens (primary N) is 1. The first-order chi connectivity index (χ1) is 10.0. The van der Waals surface area contributed by atoms with Crippen LogP contribution in [-0.2, 0) is 0 Å². The van der Waals surface area contributed by atoms with Crippen LogP contribution in [0, 0.1) is 17.8 Å². The fraction of sp³-hybridized carbons (Fsp3) is 0.706. The molecule has 2 unspecified atom stereocenters. The summed E-state index contributed by atoms with van der Waals surface area (Å²) in [5, 5.41) is 3.44. The fourth-order valence-electron chi connectivity index (χ4n) is 2.90. The number of hydrogen-bond donors (Lipinski definition) is 2. The van der Waals surface area contributed by atoms with Crippen molar-refractivity contribution in [3.05, 3.63) is 12.1 Å². The highest BCUT2D eigenvalue weighted by Gasteiger charge is 2.18. The number of aromatic nitrogens is 1. The van der Waals surface area contributed by atoms with Crippen molar-refractivity contribution in [2.24, 2.45) is 17.8 Å². The monoisotopic (exact) mass is 291 g/mol. The fourth-order valence-corrected chi connectivity index (χ4v) is 2.90. The molecule has 0 bridgehead atoms. The molecule has 2 atom stereocenters. The molecule has 1 fully saturated rings. The Hall–Kier alpha value is -1.45. The molecule has 1 saturated carbocycles. The number of ether oxygens (including phenoxy) is 1. The van der Waals surface area contributed by atoms with Gasteiger partial charge in [0.1, 0.15) is 5.82 Å². The third-order valence-electron chi connectivity index (χ3n) is 4.06. The lowest BCUT2D eigenvalue weighted by atomic mass is 9.82. The number of pyridine rings is 1. The van der Waals surface area contributed by atoms with Crippen molar-refractivity contribution in [2.75, 3.05) is 24.2 Å². The van der Waals surface area contributed by atoms with Crippen LogP contribution in [0.5, 0.6) is 5.88 Å². The number of anilines is 2. The maximum atomic E-state index is 5.92. The van der Waals surface area contributed by atoms with Gasteiger partial charge in [-0.15, -0.1) is 0 Å². The minimum atomic E-state index is 0.464. The predicted octanol–water partition coefficient (Wildman–Crippen LogP) is 3.94. The van der Waals surface area contributed by atoms with Gasteiger partial charge in [0, 0.05) is 6.54 Å². The first-order valence-corrected chi connectivity index (χ1v) is 8.17. The zero-order valence-corrected chi connectivity index (χ0v) is 13.6. The van der Waals surface area contributed by atoms with Gasteiger partial charge in [-0.2, -0.15) is 4.98 Å². The first kappa shape index (κ1) is 15.9. The van der Waals surface area contributed by atoms with Crippen molar-refractivity contribution < 1.29 is 4.74 Å². The third kappa shape index (κ3) is 5.10. The second-order valence-electron chi connectivity index (χ2n) is 6.81. The molecule has 0 aromatic carbocycles. The summed E-state index contributed by atoms with van der Waals surface area (Å²) in [5.74, 6) is 3.49. The van der Waals surface area contributed by atoms with E-state index in [1.807, 2.05) is 12.1 Å². The van der Waals surface area contributed by atoms with Crippen LogP contribution in [0.3, 0.4) is 0 Å². The second kappa shape index (κ2) is 7.53. The number of nitrogens with one attached hydrogen (secondary N) is 1. The van der Waals surface area contributed by atoms with Crippen LogP contribution in [-0.4, -0.2) is 18.1 Å². The van der Waals surface area contributed by atoms with Crippen LogP contribution in [0.2, 0.25) is 0 Å². The molecule has 1 aliphatic carbocycles. The van der Waals surface area contributed by atoms with Gasteiger partial charge in [0.2, 0.25) is 5.88 Å². The van der Waals surface area contributed by atoms with Crippen LogP contribution in [0.1, 0.15) is 46.5 Å². The highest BCUT2D eigenvalue weighted by Crippen LogP contribution is 2.29. The van der Waals surface area contributed by atoms with Crippen molar-refractivity contribution >= 4 is 11.5 Å². The molecule has 0 amide bonds. The van der Waals surface area contributed by atoms with E-state index in [-0.39, 0.29) is 0 Å². The van der Waals surface area contributed by atoms with E-state index in [0.29, 0.717) is 24.1 Å². The molecule has 21 heavy (non-hydrogen) atoms. The van der Waals surface area contributed by atoms with Crippen molar-refractivity contribution in [1.29, 1.82) is 0 Å². The smallest absolute Gasteiger partial charge is 0.239 e. The van der Waals surface area contributed by atoms with Gasteiger partial charge in [0.25, 0.3) is 0 Å². The second-order valence-corrected chi connectivity index (χ2v) is 6.81. The Morgan fingerprint density at radius 2 is 2.19 bits per heavy atom. The number of nitrogens with zero attached hydrogens (tertiary/aromatic N) is 1. The Kier molecular flexibility index (Phi) is 5.71. The van der Waals surface area contributed by atoms with Gasteiger partial charge in [-0.3, -0.25) is 0 Å². The summed E-state index contributed by atoms with van der Waals surface area (Å²) in [6, 6.07) is 3.80. The van der Waals surface area contributed by atoms with E-state index in [1.54, 1.807) is 0 Å². The standard InChI is InChI=1S/C17H29N3O/c1-12(2)11-21-17-15(18)7-8-16(20-17)19-10-14-6-4-5-13(3)9-14/h7-8,12-14H,4-6,9-11,18H2,1-3H3,(H,19,20). The zero-order valence-electron chi connectivity index (χ0n) is 13.6. The molecule has 1 aliphatic rings. The Bertz CT molecular complexity index is 448. The molecule has 0 saturated heterocycles. The molecule has 1 aromatic rings. The Labute approximate surface area is 128 Å². The van der Waals surface area contributed by atoms with Crippen molar-refractivity contribution in [2.45, 2.75) is 46.5 Å². The van der Waals surface area contributed by atoms with Gasteiger partial charge in [-0.1, -0.05) is 33.6 Å². The Morgan fingerprint density at radius 1 is 1.38 bits per heavy atom. The maximum Gasteiger partial charge on any atom is 0.239 e. The summed E-state index contributed by atoms with van der Waals surface area (Å²) in [4.78, 5) is 4.49. The Morgan fingerprint density at radius 3 is 2.90 bits per heavy atom. The van der Waals surface area contributed by atoms with Crippen molar-refractivity contribution in [1.82, 2.24) is 4.98 Å². The lowest BCUT2D eigenvalue weighted by Gasteiger charge is -2.27. The van der Waals surface area contributed by atoms with Gasteiger partial charge in [-0.25, -0.2) is 0 Å². The van der Waals surface area contributed by atoms with Gasteiger partial charge in [-0.05, 0) is 42.7 Å². The number of hydrogen-bond acceptors (Lipinski definition) is 4. The van der Waals surface area contributed by atoms with E-state index >= 15 is 0 Å². The van der Waals surface area contributed by atoms with E-state index < -0.39 is 0 Å². The zero-order chi connectivity index (χ0) is 15.2. The Balaban J connectivity index is 1.89. The van der Waals surface area contributed by atoms with Crippen molar-refractivity contribution in [3.63, 3.8) is 0 Å². The van der Waals surface area contributed by atoms with Gasteiger partial charge in [0.15, 0.2) is 0 Å². The molecular weight excluding hydrogens is 262 g/mol. The van der Waals surface area contributed by atoms with E-state index in [0.717, 1.165) is 24.2 Å². The van der Waals surface area contributed by atoms with Crippen LogP contribution < -0.4 is 15.8 Å². The van der Waals surface area contributed by atoms with Crippen LogP contribution in [0.25, 0.3) is 0 Å². The summed E-state index contributed by atoms with van der Waals surface area (Å²) in [5.41, 5.74) is 6.52. The van der Waals surface area contributed by atoms with E-state index in [4.69, 9.17) is 10.5 Å². The number of nitrogen functional groups attached to an aromatic ring is 1. The van der Waals surface area contributed by atoms with Gasteiger partial charge < -0.3 is 15.8 Å². The average Bonchev–Trinajstić information content (AvgIpc) is 2.45. The summed E-state index contributed by atoms with van der Waals surface area (Å²) in [6.45, 7) is 8.21. The lowest BCUT2D eigenvalue weighted by Crippen LogP contribution is -2.21. The topological polar surface area (TPSA) is 60.2 Å². The predicted molar refractivity (Wildman–Crippen MR) is 88.6 cm³/mol. The maximum absolute atomic E-state index is 5.92. The molecule has 0 aliphatic heterocycles. The minimum absolute atomic E-state index is 0.464. The van der Waals surface area contributed by atoms with E-state index in [1.165, 1.54) is 25.7 Å². The highest BCUT2D eigenvalue weighted by atomic mass is 16.5. The molecule has 2 rings (SSSR count). The molecule has 0 radical (unpaired) electrons. The summed E-state index contributed by atoms with van der Waals surface area (Å²) in [7, 11) is 0. The highest BCUT2D eigenvalue weighted by molar-refractivity contribution is 5.53. The molecule has 4 nitrogen and oxygen atoms in total. The summed E-state index contributed by atoms with van der Waals surface area (Å²) < 4.78 is 5.67. The molecule has 1 aromatic heterocycles. The van der Waals surface area contributed by atoms with Crippen LogP contribution >= 0.6 is 0 Å². The third-order valence-corrected chi connectivity index (χ3v) is 4.06. The largest absolute Gasteiger partial charge is 0.476 e. The van der Waals surface area contributed by atoms with E-state index in [2.05, 4.69) is 31.1 Å². The van der Waals surface area contributed by atoms with Gasteiger partial charge >= 0.3 is 0 Å². The quantitative estimate of drug-likeness (QED) is 0.833. The average molecular weight is 291 g/mol. The summed E-state index contributed by atoms with van der Waals surface area (Å²) in [6.07, 6.45) is 5.37.